The molecule has 1 fully saturated rings. The van der Waals surface area contributed by atoms with Crippen molar-refractivity contribution in [2.24, 2.45) is 16.8 Å². The van der Waals surface area contributed by atoms with E-state index in [0.717, 1.165) is 0 Å². The highest BCUT2D eigenvalue weighted by molar-refractivity contribution is 7.92. The molecule has 0 aromatic rings. The summed E-state index contributed by atoms with van der Waals surface area (Å²) in [6, 6.07) is 0. The first kappa shape index (κ1) is 14.7. The van der Waals surface area contributed by atoms with Crippen LogP contribution in [0.2, 0.25) is 0 Å². The molecule has 0 aromatic carbocycles. The van der Waals surface area contributed by atoms with Crippen molar-refractivity contribution in [2.45, 2.75) is 31.4 Å². The third-order valence-electron chi connectivity index (χ3n) is 3.16. The summed E-state index contributed by atoms with van der Waals surface area (Å²) < 4.78 is 23.1. The molecule has 1 heterocycles. The third kappa shape index (κ3) is 3.34. The van der Waals surface area contributed by atoms with Crippen LogP contribution in [0, 0.1) is 5.92 Å². The number of carbonyl (C=O) groups is 1. The Kier molecular flexibility index (Phi) is 4.94. The molecular weight excluding hydrogens is 258 g/mol. The Morgan fingerprint density at radius 3 is 2.72 bits per heavy atom. The van der Waals surface area contributed by atoms with Gasteiger partial charge in [-0.2, -0.15) is 0 Å². The van der Waals surface area contributed by atoms with Crippen molar-refractivity contribution in [3.63, 3.8) is 0 Å². The fraction of sp³-hybridized carbons (Fsp3) is 0.800. The van der Waals surface area contributed by atoms with Crippen molar-refractivity contribution in [3.05, 3.63) is 0 Å². The van der Waals surface area contributed by atoms with E-state index in [-0.39, 0.29) is 18.1 Å². The molecule has 2 atom stereocenters. The maximum absolute atomic E-state index is 11.8. The van der Waals surface area contributed by atoms with Crippen LogP contribution < -0.4 is 11.1 Å². The second kappa shape index (κ2) is 6.03. The topological polar surface area (TPSA) is 122 Å². The zero-order valence-corrected chi connectivity index (χ0v) is 11.1. The number of nitrogens with two attached hydrogens (primary N) is 1. The lowest BCUT2D eigenvalue weighted by Crippen LogP contribution is -2.42. The molecule has 0 spiro atoms. The van der Waals surface area contributed by atoms with E-state index >= 15 is 0 Å². The Bertz CT molecular complexity index is 432. The van der Waals surface area contributed by atoms with Crippen LogP contribution in [-0.4, -0.2) is 42.9 Å². The van der Waals surface area contributed by atoms with Crippen molar-refractivity contribution in [2.75, 3.05) is 12.3 Å². The van der Waals surface area contributed by atoms with Gasteiger partial charge in [-0.1, -0.05) is 12.1 Å². The maximum Gasteiger partial charge on any atom is 0.230 e. The quantitative estimate of drug-likeness (QED) is 0.269. The highest BCUT2D eigenvalue weighted by Crippen LogP contribution is 2.19. The van der Waals surface area contributed by atoms with Gasteiger partial charge in [0.25, 0.3) is 0 Å². The van der Waals surface area contributed by atoms with Crippen molar-refractivity contribution < 1.29 is 18.4 Å². The van der Waals surface area contributed by atoms with Gasteiger partial charge >= 0.3 is 0 Å². The zero-order valence-electron chi connectivity index (χ0n) is 10.3. The van der Waals surface area contributed by atoms with Gasteiger partial charge in [0.1, 0.15) is 0 Å². The predicted molar refractivity (Wildman–Crippen MR) is 67.0 cm³/mol. The minimum atomic E-state index is -3.07. The number of nitrogens with zero attached hydrogens (tertiary/aromatic N) is 1. The van der Waals surface area contributed by atoms with E-state index in [9.17, 15) is 13.2 Å². The van der Waals surface area contributed by atoms with Crippen LogP contribution in [0.3, 0.4) is 0 Å². The summed E-state index contributed by atoms with van der Waals surface area (Å²) in [5.41, 5.74) is 5.39. The molecule has 1 saturated heterocycles. The van der Waals surface area contributed by atoms with Gasteiger partial charge in [0.2, 0.25) is 5.91 Å². The van der Waals surface area contributed by atoms with Crippen LogP contribution >= 0.6 is 0 Å². The van der Waals surface area contributed by atoms with Gasteiger partial charge in [-0.25, -0.2) is 8.42 Å². The van der Waals surface area contributed by atoms with Gasteiger partial charge in [-0.15, -0.1) is 0 Å². The van der Waals surface area contributed by atoms with Crippen LogP contribution in [0.4, 0.5) is 0 Å². The van der Waals surface area contributed by atoms with Gasteiger partial charge in [0.05, 0.1) is 16.9 Å². The fourth-order valence-electron chi connectivity index (χ4n) is 2.02. The first-order valence-electron chi connectivity index (χ1n) is 5.89. The summed E-state index contributed by atoms with van der Waals surface area (Å²) in [5.74, 6) is -1.11. The lowest BCUT2D eigenvalue weighted by atomic mass is 10.0. The minimum Gasteiger partial charge on any atom is -0.409 e. The van der Waals surface area contributed by atoms with E-state index < -0.39 is 26.9 Å². The molecule has 8 heteroatoms. The molecule has 104 valence electrons. The molecule has 0 radical (unpaired) electrons. The highest BCUT2D eigenvalue weighted by Gasteiger charge is 2.32. The summed E-state index contributed by atoms with van der Waals surface area (Å²) in [6.07, 6.45) is 1.60. The predicted octanol–water partition coefficient (Wildman–Crippen LogP) is -0.548. The number of hydrogen-bond acceptors (Lipinski definition) is 5. The molecule has 7 nitrogen and oxygen atoms in total. The number of carbonyl (C=O) groups excluding carboxylic acids is 1. The van der Waals surface area contributed by atoms with E-state index in [0.29, 0.717) is 19.3 Å². The third-order valence-corrected chi connectivity index (χ3v) is 5.44. The lowest BCUT2D eigenvalue weighted by Gasteiger charge is -2.15. The SMILES string of the molecule is CCC(C(=O)NCC1CCCS1(=O)=O)C(N)=NO. The molecule has 1 rings (SSSR count). The van der Waals surface area contributed by atoms with Gasteiger partial charge < -0.3 is 16.3 Å². The lowest BCUT2D eigenvalue weighted by molar-refractivity contribution is -0.123. The van der Waals surface area contributed by atoms with Crippen LogP contribution in [0.15, 0.2) is 5.16 Å². The van der Waals surface area contributed by atoms with Crippen LogP contribution in [-0.2, 0) is 14.6 Å². The monoisotopic (exact) mass is 277 g/mol. The normalized spacial score (nSPS) is 24.7. The molecule has 0 aliphatic carbocycles. The van der Waals surface area contributed by atoms with Gasteiger partial charge in [-0.3, -0.25) is 4.79 Å². The summed E-state index contributed by atoms with van der Waals surface area (Å²) in [5, 5.41) is 13.4. The summed E-state index contributed by atoms with van der Waals surface area (Å²) >= 11 is 0. The standard InChI is InChI=1S/C10H19N3O4S/c1-2-8(9(11)13-15)10(14)12-6-7-4-3-5-18(7,16)17/h7-8,15H,2-6H2,1H3,(H2,11,13)(H,12,14). The molecule has 0 saturated carbocycles. The Hall–Kier alpha value is -1.31. The molecular formula is C10H19N3O4S. The van der Waals surface area contributed by atoms with Gasteiger partial charge in [-0.05, 0) is 19.3 Å². The Morgan fingerprint density at radius 1 is 1.61 bits per heavy atom. The number of hydrogen-bond donors (Lipinski definition) is 3. The van der Waals surface area contributed by atoms with Crippen molar-refractivity contribution in [1.29, 1.82) is 0 Å². The Labute approximate surface area is 106 Å². The Morgan fingerprint density at radius 2 is 2.28 bits per heavy atom. The van der Waals surface area contributed by atoms with E-state index in [1.807, 2.05) is 0 Å². The first-order chi connectivity index (χ1) is 8.42. The molecule has 1 aliphatic heterocycles. The van der Waals surface area contributed by atoms with E-state index in [2.05, 4.69) is 10.5 Å². The highest BCUT2D eigenvalue weighted by atomic mass is 32.2. The molecule has 1 aliphatic rings. The zero-order chi connectivity index (χ0) is 13.8. The van der Waals surface area contributed by atoms with Crippen LogP contribution in [0.1, 0.15) is 26.2 Å². The molecule has 1 amide bonds. The van der Waals surface area contributed by atoms with E-state index in [1.165, 1.54) is 0 Å². The van der Waals surface area contributed by atoms with Crippen molar-refractivity contribution >= 4 is 21.6 Å². The number of amides is 1. The number of rotatable bonds is 5. The van der Waals surface area contributed by atoms with Crippen LogP contribution in [0.5, 0.6) is 0 Å². The van der Waals surface area contributed by atoms with Crippen molar-refractivity contribution in [1.82, 2.24) is 5.32 Å². The average Bonchev–Trinajstić information content (AvgIpc) is 2.66. The average molecular weight is 277 g/mol. The van der Waals surface area contributed by atoms with Crippen LogP contribution in [0.25, 0.3) is 0 Å². The molecule has 4 N–H and O–H groups in total. The molecule has 18 heavy (non-hydrogen) atoms. The largest absolute Gasteiger partial charge is 0.409 e. The van der Waals surface area contributed by atoms with Gasteiger partial charge in [0, 0.05) is 6.54 Å². The fourth-order valence-corrected chi connectivity index (χ4v) is 3.79. The minimum absolute atomic E-state index is 0.0936. The number of sulfone groups is 1. The van der Waals surface area contributed by atoms with Crippen molar-refractivity contribution in [3.8, 4) is 0 Å². The second-order valence-electron chi connectivity index (χ2n) is 4.36. The summed E-state index contributed by atoms with van der Waals surface area (Å²) in [6.45, 7) is 1.82. The number of oxime groups is 1. The van der Waals surface area contributed by atoms with E-state index in [4.69, 9.17) is 10.9 Å². The molecule has 2 unspecified atom stereocenters. The molecule has 0 aromatic heterocycles. The number of nitrogens with one attached hydrogen (secondary N) is 1. The maximum atomic E-state index is 11.8. The number of amidine groups is 1. The Balaban J connectivity index is 2.55. The smallest absolute Gasteiger partial charge is 0.230 e. The summed E-state index contributed by atoms with van der Waals surface area (Å²) in [7, 11) is -3.07. The van der Waals surface area contributed by atoms with E-state index in [1.54, 1.807) is 6.92 Å². The second-order valence-corrected chi connectivity index (χ2v) is 6.76. The van der Waals surface area contributed by atoms with Gasteiger partial charge in [0.15, 0.2) is 15.7 Å². The molecule has 0 bridgehead atoms. The first-order valence-corrected chi connectivity index (χ1v) is 7.60. The summed E-state index contributed by atoms with van der Waals surface area (Å²) in [4.78, 5) is 11.8.